The summed E-state index contributed by atoms with van der Waals surface area (Å²) in [6, 6.07) is 12.8. The van der Waals surface area contributed by atoms with Crippen LogP contribution in [0, 0.1) is 13.8 Å². The van der Waals surface area contributed by atoms with Crippen LogP contribution in [-0.4, -0.2) is 0 Å². The summed E-state index contributed by atoms with van der Waals surface area (Å²) in [6.45, 7) is 3.91. The lowest BCUT2D eigenvalue weighted by Gasteiger charge is -2.06. The Labute approximate surface area is 121 Å². The first-order valence-corrected chi connectivity index (χ1v) is 6.73. The smallest absolute Gasteiger partial charge is 0.193 e. The van der Waals surface area contributed by atoms with Crippen LogP contribution in [0.4, 0.5) is 0 Å². The van der Waals surface area contributed by atoms with E-state index in [4.69, 9.17) is 16.0 Å². The van der Waals surface area contributed by atoms with Crippen LogP contribution in [0.2, 0.25) is 5.02 Å². The van der Waals surface area contributed by atoms with Gasteiger partial charge in [0, 0.05) is 16.7 Å². The molecule has 0 saturated heterocycles. The summed E-state index contributed by atoms with van der Waals surface area (Å²) in [6.07, 6.45) is 0. The van der Waals surface area contributed by atoms with Gasteiger partial charge in [0.1, 0.15) is 11.3 Å². The van der Waals surface area contributed by atoms with E-state index >= 15 is 0 Å². The molecular weight excluding hydrogens is 272 g/mol. The molecule has 3 aromatic rings. The highest BCUT2D eigenvalue weighted by Gasteiger charge is 2.09. The van der Waals surface area contributed by atoms with Crippen molar-refractivity contribution in [3.8, 4) is 11.3 Å². The van der Waals surface area contributed by atoms with Gasteiger partial charge in [-0.3, -0.25) is 4.79 Å². The van der Waals surface area contributed by atoms with E-state index in [2.05, 4.69) is 0 Å². The Morgan fingerprint density at radius 3 is 2.40 bits per heavy atom. The SMILES string of the molecule is Cc1ccc(-c2cc(=O)c3cc(Cl)cc(C)c3o2)cc1. The minimum absolute atomic E-state index is 0.0765. The minimum Gasteiger partial charge on any atom is -0.456 e. The number of hydrogen-bond donors (Lipinski definition) is 0. The lowest BCUT2D eigenvalue weighted by atomic mass is 10.1. The highest BCUT2D eigenvalue weighted by Crippen LogP contribution is 2.26. The van der Waals surface area contributed by atoms with Crippen molar-refractivity contribution in [2.24, 2.45) is 0 Å². The molecule has 0 aliphatic carbocycles. The number of halogens is 1. The average molecular weight is 285 g/mol. The summed E-state index contributed by atoms with van der Waals surface area (Å²) in [5.74, 6) is 0.577. The van der Waals surface area contributed by atoms with Crippen LogP contribution in [0.3, 0.4) is 0 Å². The van der Waals surface area contributed by atoms with E-state index in [1.807, 2.05) is 38.1 Å². The largest absolute Gasteiger partial charge is 0.456 e. The standard InChI is InChI=1S/C17H13ClO2/c1-10-3-5-12(6-4-10)16-9-15(19)14-8-13(18)7-11(2)17(14)20-16/h3-9H,1-2H3. The van der Waals surface area contributed by atoms with Crippen molar-refractivity contribution in [1.29, 1.82) is 0 Å². The molecule has 0 saturated carbocycles. The molecule has 0 aliphatic heterocycles. The number of aryl methyl sites for hydroxylation is 2. The van der Waals surface area contributed by atoms with Crippen LogP contribution in [0.1, 0.15) is 11.1 Å². The Bertz CT molecular complexity index is 845. The van der Waals surface area contributed by atoms with Gasteiger partial charge in [-0.1, -0.05) is 41.4 Å². The number of benzene rings is 2. The van der Waals surface area contributed by atoms with E-state index in [1.54, 1.807) is 12.1 Å². The number of fused-ring (bicyclic) bond motifs is 1. The first kappa shape index (κ1) is 12.9. The average Bonchev–Trinajstić information content (AvgIpc) is 2.40. The van der Waals surface area contributed by atoms with Crippen LogP contribution < -0.4 is 5.43 Å². The van der Waals surface area contributed by atoms with E-state index < -0.39 is 0 Å². The first-order valence-electron chi connectivity index (χ1n) is 6.35. The summed E-state index contributed by atoms with van der Waals surface area (Å²) in [7, 11) is 0. The highest BCUT2D eigenvalue weighted by molar-refractivity contribution is 6.31. The second-order valence-electron chi connectivity index (χ2n) is 4.94. The maximum absolute atomic E-state index is 12.2. The molecule has 2 nitrogen and oxygen atoms in total. The molecule has 20 heavy (non-hydrogen) atoms. The molecule has 1 heterocycles. The monoisotopic (exact) mass is 284 g/mol. The van der Waals surface area contributed by atoms with Crippen LogP contribution in [0.15, 0.2) is 51.7 Å². The second-order valence-corrected chi connectivity index (χ2v) is 5.38. The Kier molecular flexibility index (Phi) is 3.11. The third-order valence-electron chi connectivity index (χ3n) is 3.32. The van der Waals surface area contributed by atoms with Crippen molar-refractivity contribution < 1.29 is 4.42 Å². The Morgan fingerprint density at radius 1 is 1.00 bits per heavy atom. The minimum atomic E-state index is -0.0765. The number of hydrogen-bond acceptors (Lipinski definition) is 2. The zero-order valence-electron chi connectivity index (χ0n) is 11.2. The first-order chi connectivity index (χ1) is 9.54. The topological polar surface area (TPSA) is 30.2 Å². The van der Waals surface area contributed by atoms with Crippen LogP contribution in [0.5, 0.6) is 0 Å². The van der Waals surface area contributed by atoms with Gasteiger partial charge in [0.2, 0.25) is 0 Å². The fourth-order valence-electron chi connectivity index (χ4n) is 2.24. The highest BCUT2D eigenvalue weighted by atomic mass is 35.5. The summed E-state index contributed by atoms with van der Waals surface area (Å²) in [4.78, 5) is 12.2. The van der Waals surface area contributed by atoms with E-state index in [0.717, 1.165) is 11.1 Å². The molecular formula is C17H13ClO2. The molecule has 1 aromatic heterocycles. The lowest BCUT2D eigenvalue weighted by molar-refractivity contribution is 0.616. The van der Waals surface area contributed by atoms with Gasteiger partial charge in [0.05, 0.1) is 5.39 Å². The molecule has 100 valence electrons. The maximum Gasteiger partial charge on any atom is 0.193 e. The second kappa shape index (κ2) is 4.80. The van der Waals surface area contributed by atoms with Crippen LogP contribution >= 0.6 is 11.6 Å². The molecule has 2 aromatic carbocycles. The van der Waals surface area contributed by atoms with Gasteiger partial charge in [0.15, 0.2) is 5.43 Å². The van der Waals surface area contributed by atoms with Crippen LogP contribution in [-0.2, 0) is 0 Å². The van der Waals surface area contributed by atoms with Gasteiger partial charge >= 0.3 is 0 Å². The molecule has 3 heteroatoms. The Hall–Kier alpha value is -2.06. The van der Waals surface area contributed by atoms with Crippen LogP contribution in [0.25, 0.3) is 22.3 Å². The van der Waals surface area contributed by atoms with E-state index in [-0.39, 0.29) is 5.43 Å². The molecule has 0 atom stereocenters. The molecule has 0 bridgehead atoms. The molecule has 3 rings (SSSR count). The van der Waals surface area contributed by atoms with Gasteiger partial charge in [-0.25, -0.2) is 0 Å². The van der Waals surface area contributed by atoms with Crippen molar-refractivity contribution in [3.63, 3.8) is 0 Å². The van der Waals surface area contributed by atoms with E-state index in [9.17, 15) is 4.79 Å². The zero-order chi connectivity index (χ0) is 14.3. The van der Waals surface area contributed by atoms with E-state index in [0.29, 0.717) is 21.8 Å². The summed E-state index contributed by atoms with van der Waals surface area (Å²) >= 11 is 5.99. The van der Waals surface area contributed by atoms with Crippen molar-refractivity contribution >= 4 is 22.6 Å². The summed E-state index contributed by atoms with van der Waals surface area (Å²) in [5.41, 5.74) is 3.44. The molecule has 0 spiro atoms. The zero-order valence-corrected chi connectivity index (χ0v) is 12.0. The predicted octanol–water partition coefficient (Wildman–Crippen LogP) is 4.73. The normalized spacial score (nSPS) is 10.9. The van der Waals surface area contributed by atoms with Gasteiger partial charge in [-0.15, -0.1) is 0 Å². The molecule has 0 N–H and O–H groups in total. The molecule has 0 unspecified atom stereocenters. The van der Waals surface area contributed by atoms with Gasteiger partial charge in [-0.2, -0.15) is 0 Å². The quantitative estimate of drug-likeness (QED) is 0.646. The summed E-state index contributed by atoms with van der Waals surface area (Å²) < 4.78 is 5.90. The van der Waals surface area contributed by atoms with Crippen molar-refractivity contribution in [2.75, 3.05) is 0 Å². The van der Waals surface area contributed by atoms with Gasteiger partial charge in [0.25, 0.3) is 0 Å². The third kappa shape index (κ3) is 2.23. The Morgan fingerprint density at radius 2 is 1.70 bits per heavy atom. The molecule has 0 fully saturated rings. The van der Waals surface area contributed by atoms with E-state index in [1.165, 1.54) is 11.6 Å². The Balaban J connectivity index is 2.29. The molecule has 0 amide bonds. The fraction of sp³-hybridized carbons (Fsp3) is 0.118. The van der Waals surface area contributed by atoms with Crippen molar-refractivity contribution in [2.45, 2.75) is 13.8 Å². The molecule has 0 radical (unpaired) electrons. The fourth-order valence-corrected chi connectivity index (χ4v) is 2.52. The van der Waals surface area contributed by atoms with Gasteiger partial charge < -0.3 is 4.42 Å². The maximum atomic E-state index is 12.2. The van der Waals surface area contributed by atoms with Crippen molar-refractivity contribution in [1.82, 2.24) is 0 Å². The number of rotatable bonds is 1. The summed E-state index contributed by atoms with van der Waals surface area (Å²) in [5, 5.41) is 1.07. The predicted molar refractivity (Wildman–Crippen MR) is 82.4 cm³/mol. The van der Waals surface area contributed by atoms with Crippen molar-refractivity contribution in [3.05, 3.63) is 68.8 Å². The lowest BCUT2D eigenvalue weighted by Crippen LogP contribution is -2.01. The third-order valence-corrected chi connectivity index (χ3v) is 3.53. The molecule has 0 aliphatic rings. The van der Waals surface area contributed by atoms with Gasteiger partial charge in [-0.05, 0) is 31.5 Å².